The normalized spacial score (nSPS) is 16.4. The van der Waals surface area contributed by atoms with Gasteiger partial charge in [-0.3, -0.25) is 9.59 Å². The highest BCUT2D eigenvalue weighted by Crippen LogP contribution is 2.39. The number of ketones is 1. The first-order chi connectivity index (χ1) is 11.1. The molecule has 0 fully saturated rings. The fraction of sp³-hybridized carbons (Fsp3) is 0.700. The fourth-order valence-electron chi connectivity index (χ4n) is 3.71. The van der Waals surface area contributed by atoms with Crippen LogP contribution in [-0.2, 0) is 24.2 Å². The van der Waals surface area contributed by atoms with Crippen molar-refractivity contribution >= 4 is 11.7 Å². The lowest BCUT2D eigenvalue weighted by molar-refractivity contribution is -0.130. The highest BCUT2D eigenvalue weighted by Gasteiger charge is 2.37. The van der Waals surface area contributed by atoms with Crippen LogP contribution in [0.1, 0.15) is 74.8 Å². The topological polar surface area (TPSA) is 42.3 Å². The second kappa shape index (κ2) is 6.73. The van der Waals surface area contributed by atoms with Crippen molar-refractivity contribution in [2.45, 2.75) is 79.8 Å². The van der Waals surface area contributed by atoms with Crippen molar-refractivity contribution in [3.8, 4) is 0 Å². The Kier molecular flexibility index (Phi) is 5.26. The molecule has 0 unspecified atom stereocenters. The lowest BCUT2D eigenvalue weighted by Crippen LogP contribution is -2.34. The minimum Gasteiger partial charge on any atom is -0.348 e. The molecule has 0 bridgehead atoms. The second-order valence-electron chi connectivity index (χ2n) is 8.25. The van der Waals surface area contributed by atoms with Crippen LogP contribution in [0.4, 0.5) is 0 Å². The van der Waals surface area contributed by atoms with E-state index in [9.17, 15) is 9.59 Å². The first-order valence-corrected chi connectivity index (χ1v) is 9.08. The van der Waals surface area contributed by atoms with Crippen LogP contribution in [-0.4, -0.2) is 34.2 Å². The third-order valence-electron chi connectivity index (χ3n) is 5.26. The zero-order valence-corrected chi connectivity index (χ0v) is 16.3. The predicted molar refractivity (Wildman–Crippen MR) is 97.5 cm³/mol. The van der Waals surface area contributed by atoms with E-state index in [0.717, 1.165) is 41.9 Å². The van der Waals surface area contributed by atoms with Crippen LogP contribution >= 0.6 is 0 Å². The molecule has 0 saturated carbocycles. The molecule has 4 heteroatoms. The quantitative estimate of drug-likeness (QED) is 0.823. The number of likely N-dealkylation sites (N-methyl/N-ethyl adjacent to an activating group) is 1. The van der Waals surface area contributed by atoms with Gasteiger partial charge in [0, 0.05) is 43.0 Å². The molecule has 1 amide bonds. The van der Waals surface area contributed by atoms with Gasteiger partial charge in [0.2, 0.25) is 5.91 Å². The van der Waals surface area contributed by atoms with E-state index >= 15 is 0 Å². The summed E-state index contributed by atoms with van der Waals surface area (Å²) in [4.78, 5) is 27.2. The van der Waals surface area contributed by atoms with Crippen LogP contribution in [0.5, 0.6) is 0 Å². The number of carbonyl (C=O) groups excluding carboxylic acids is 2. The van der Waals surface area contributed by atoms with Crippen LogP contribution < -0.4 is 0 Å². The number of carbonyl (C=O) groups is 2. The molecule has 1 aliphatic rings. The molecule has 134 valence electrons. The van der Waals surface area contributed by atoms with Gasteiger partial charge in [-0.25, -0.2) is 0 Å². The van der Waals surface area contributed by atoms with Crippen LogP contribution in [0, 0.1) is 12.3 Å². The van der Waals surface area contributed by atoms with E-state index in [-0.39, 0.29) is 23.1 Å². The Hall–Kier alpha value is -1.58. The maximum absolute atomic E-state index is 12.8. The Morgan fingerprint density at radius 3 is 2.46 bits per heavy atom. The maximum atomic E-state index is 12.8. The summed E-state index contributed by atoms with van der Waals surface area (Å²) in [7, 11) is 1.84. The number of Topliss-reactive ketones (excluding diaryl/α,β-unsaturated/α-hetero) is 1. The third-order valence-corrected chi connectivity index (χ3v) is 5.26. The van der Waals surface area contributed by atoms with Gasteiger partial charge in [-0.15, -0.1) is 0 Å². The number of fused-ring (bicyclic) bond motifs is 1. The molecular weight excluding hydrogens is 300 g/mol. The number of hydrogen-bond donors (Lipinski definition) is 0. The summed E-state index contributed by atoms with van der Waals surface area (Å²) in [5, 5.41) is 0. The van der Waals surface area contributed by atoms with Crippen molar-refractivity contribution in [3.63, 3.8) is 0 Å². The number of hydrogen-bond acceptors (Lipinski definition) is 2. The number of aromatic nitrogens is 1. The molecule has 1 heterocycles. The molecule has 0 spiro atoms. The van der Waals surface area contributed by atoms with Crippen molar-refractivity contribution in [2.75, 3.05) is 7.05 Å². The summed E-state index contributed by atoms with van der Waals surface area (Å²) < 4.78 is 2.28. The van der Waals surface area contributed by atoms with Crippen molar-refractivity contribution in [1.29, 1.82) is 0 Å². The van der Waals surface area contributed by atoms with Gasteiger partial charge >= 0.3 is 0 Å². The van der Waals surface area contributed by atoms with E-state index in [1.165, 1.54) is 0 Å². The van der Waals surface area contributed by atoms with Crippen LogP contribution in [0.15, 0.2) is 0 Å². The zero-order valence-electron chi connectivity index (χ0n) is 16.3. The van der Waals surface area contributed by atoms with Gasteiger partial charge in [-0.05, 0) is 44.6 Å². The molecule has 4 nitrogen and oxygen atoms in total. The Bertz CT molecular complexity index is 653. The molecule has 0 aliphatic heterocycles. The minimum atomic E-state index is -0.00360. The monoisotopic (exact) mass is 332 g/mol. The first kappa shape index (κ1) is 18.8. The van der Waals surface area contributed by atoms with Gasteiger partial charge in [0.15, 0.2) is 5.78 Å². The second-order valence-corrected chi connectivity index (χ2v) is 8.25. The standard InChI is InChI=1S/C20H32N2O2/c1-8-9-22-14(4)15(10-18(24)21(7)13(2)3)19-16(22)11-20(5,6)12-17(19)23/h13H,8-12H2,1-7H3. The van der Waals surface area contributed by atoms with E-state index < -0.39 is 0 Å². The van der Waals surface area contributed by atoms with Crippen LogP contribution in [0.2, 0.25) is 0 Å². The van der Waals surface area contributed by atoms with Gasteiger partial charge in [0.1, 0.15) is 0 Å². The lowest BCUT2D eigenvalue weighted by Gasteiger charge is -2.30. The molecule has 0 aromatic carbocycles. The smallest absolute Gasteiger partial charge is 0.227 e. The largest absolute Gasteiger partial charge is 0.348 e. The van der Waals surface area contributed by atoms with E-state index in [2.05, 4.69) is 32.3 Å². The van der Waals surface area contributed by atoms with Crippen molar-refractivity contribution in [2.24, 2.45) is 5.41 Å². The molecule has 0 N–H and O–H groups in total. The zero-order chi connectivity index (χ0) is 18.2. The highest BCUT2D eigenvalue weighted by molar-refractivity contribution is 6.01. The van der Waals surface area contributed by atoms with E-state index in [1.54, 1.807) is 4.90 Å². The number of nitrogens with zero attached hydrogens (tertiary/aromatic N) is 2. The Labute approximate surface area is 146 Å². The predicted octanol–water partition coefficient (Wildman–Crippen LogP) is 3.77. The molecule has 0 atom stereocenters. The van der Waals surface area contributed by atoms with Crippen molar-refractivity contribution < 1.29 is 9.59 Å². The molecular formula is C20H32N2O2. The van der Waals surface area contributed by atoms with Gasteiger partial charge in [-0.1, -0.05) is 20.8 Å². The summed E-state index contributed by atoms with van der Waals surface area (Å²) in [5.74, 6) is 0.288. The summed E-state index contributed by atoms with van der Waals surface area (Å²) in [6, 6.07) is 0.168. The molecule has 1 aromatic rings. The SMILES string of the molecule is CCCn1c(C)c(CC(=O)N(C)C(C)C)c2c1CC(C)(C)CC2=O. The molecule has 2 rings (SSSR count). The Morgan fingerprint density at radius 2 is 1.92 bits per heavy atom. The Balaban J connectivity index is 2.50. The number of rotatable bonds is 5. The van der Waals surface area contributed by atoms with E-state index in [4.69, 9.17) is 0 Å². The van der Waals surface area contributed by atoms with Gasteiger partial charge in [-0.2, -0.15) is 0 Å². The van der Waals surface area contributed by atoms with Crippen molar-refractivity contribution in [3.05, 3.63) is 22.5 Å². The Morgan fingerprint density at radius 1 is 1.29 bits per heavy atom. The molecule has 0 saturated heterocycles. The van der Waals surface area contributed by atoms with Crippen LogP contribution in [0.25, 0.3) is 0 Å². The molecule has 1 aromatic heterocycles. The number of amides is 1. The molecule has 24 heavy (non-hydrogen) atoms. The lowest BCUT2D eigenvalue weighted by atomic mass is 9.75. The minimum absolute atomic E-state index is 0.00360. The maximum Gasteiger partial charge on any atom is 0.227 e. The average Bonchev–Trinajstić information content (AvgIpc) is 2.71. The first-order valence-electron chi connectivity index (χ1n) is 9.08. The summed E-state index contributed by atoms with van der Waals surface area (Å²) in [6.45, 7) is 13.5. The third kappa shape index (κ3) is 3.42. The van der Waals surface area contributed by atoms with E-state index in [0.29, 0.717) is 12.8 Å². The summed E-state index contributed by atoms with van der Waals surface area (Å²) >= 11 is 0. The molecule has 0 radical (unpaired) electrons. The van der Waals surface area contributed by atoms with Gasteiger partial charge in [0.05, 0.1) is 6.42 Å². The van der Waals surface area contributed by atoms with Crippen LogP contribution in [0.3, 0.4) is 0 Å². The molecule has 1 aliphatic carbocycles. The summed E-state index contributed by atoms with van der Waals surface area (Å²) in [6.07, 6.45) is 2.82. The fourth-order valence-corrected chi connectivity index (χ4v) is 3.71. The van der Waals surface area contributed by atoms with Crippen molar-refractivity contribution in [1.82, 2.24) is 9.47 Å². The van der Waals surface area contributed by atoms with Gasteiger partial charge < -0.3 is 9.47 Å². The van der Waals surface area contributed by atoms with E-state index in [1.807, 2.05) is 20.9 Å². The van der Waals surface area contributed by atoms with Gasteiger partial charge in [0.25, 0.3) is 0 Å². The highest BCUT2D eigenvalue weighted by atomic mass is 16.2. The average molecular weight is 332 g/mol. The summed E-state index contributed by atoms with van der Waals surface area (Å²) in [5.41, 5.74) is 4.03.